The lowest BCUT2D eigenvalue weighted by Gasteiger charge is -2.41. The average molecular weight is 281 g/mol. The molecule has 0 aromatic rings. The zero-order chi connectivity index (χ0) is 14.3. The summed E-state index contributed by atoms with van der Waals surface area (Å²) in [5.74, 6) is 0.596. The Morgan fingerprint density at radius 1 is 1.25 bits per heavy atom. The predicted octanol–water partition coefficient (Wildman–Crippen LogP) is 0.381. The van der Waals surface area contributed by atoms with Gasteiger partial charge in [0, 0.05) is 40.3 Å². The number of likely N-dealkylation sites (N-methyl/N-ethyl adjacent to an activating group) is 2. The van der Waals surface area contributed by atoms with Gasteiger partial charge in [-0.3, -0.25) is 9.69 Å². The summed E-state index contributed by atoms with van der Waals surface area (Å²) >= 11 is 0. The van der Waals surface area contributed by atoms with Gasteiger partial charge < -0.3 is 14.5 Å². The molecular weight excluding hydrogens is 258 g/mol. The van der Waals surface area contributed by atoms with Crippen molar-refractivity contribution in [1.29, 1.82) is 0 Å². The topological polar surface area (TPSA) is 53.1 Å². The van der Waals surface area contributed by atoms with Crippen LogP contribution in [0.3, 0.4) is 0 Å². The Hall–Kier alpha value is -1.14. The second-order valence-electron chi connectivity index (χ2n) is 6.27. The Bertz CT molecular complexity index is 412. The molecule has 3 saturated heterocycles. The molecule has 20 heavy (non-hydrogen) atoms. The lowest BCUT2D eigenvalue weighted by molar-refractivity contribution is -0.134. The minimum Gasteiger partial charge on any atom is -0.381 e. The summed E-state index contributed by atoms with van der Waals surface area (Å²) in [5, 5.41) is 0. The second kappa shape index (κ2) is 5.00. The molecule has 0 N–H and O–H groups in total. The van der Waals surface area contributed by atoms with E-state index < -0.39 is 5.54 Å². The molecule has 6 nitrogen and oxygen atoms in total. The van der Waals surface area contributed by atoms with Crippen LogP contribution in [0.25, 0.3) is 0 Å². The summed E-state index contributed by atoms with van der Waals surface area (Å²) in [6.07, 6.45) is 2.62. The van der Waals surface area contributed by atoms with Crippen LogP contribution >= 0.6 is 0 Å². The minimum atomic E-state index is -0.589. The first-order chi connectivity index (χ1) is 9.54. The van der Waals surface area contributed by atoms with Gasteiger partial charge in [-0.15, -0.1) is 0 Å². The molecule has 3 fully saturated rings. The monoisotopic (exact) mass is 281 g/mol. The fourth-order valence-electron chi connectivity index (χ4n) is 3.70. The van der Waals surface area contributed by atoms with Gasteiger partial charge >= 0.3 is 6.03 Å². The molecule has 3 heterocycles. The van der Waals surface area contributed by atoms with E-state index in [4.69, 9.17) is 4.74 Å². The fraction of sp³-hybridized carbons (Fsp3) is 0.857. The molecule has 0 saturated carbocycles. The van der Waals surface area contributed by atoms with E-state index in [1.807, 2.05) is 0 Å². The van der Waals surface area contributed by atoms with Gasteiger partial charge in [0.25, 0.3) is 5.91 Å². The van der Waals surface area contributed by atoms with E-state index in [1.54, 1.807) is 19.0 Å². The number of hydrogen-bond acceptors (Lipinski definition) is 4. The Labute approximate surface area is 119 Å². The van der Waals surface area contributed by atoms with Crippen LogP contribution in [-0.4, -0.2) is 79.1 Å². The number of piperidine rings is 1. The van der Waals surface area contributed by atoms with E-state index >= 15 is 0 Å². The zero-order valence-corrected chi connectivity index (χ0v) is 12.3. The van der Waals surface area contributed by atoms with Crippen LogP contribution in [0.4, 0.5) is 4.79 Å². The van der Waals surface area contributed by atoms with Crippen molar-refractivity contribution < 1.29 is 14.3 Å². The average Bonchev–Trinajstić information content (AvgIpc) is 3.02. The van der Waals surface area contributed by atoms with Crippen LogP contribution in [0.1, 0.15) is 19.3 Å². The normalized spacial score (nSPS) is 30.8. The van der Waals surface area contributed by atoms with Crippen LogP contribution in [0, 0.1) is 5.92 Å². The Kier molecular flexibility index (Phi) is 3.46. The molecule has 1 atom stereocenters. The van der Waals surface area contributed by atoms with Crippen molar-refractivity contribution in [3.63, 3.8) is 0 Å². The summed E-state index contributed by atoms with van der Waals surface area (Å²) in [5.41, 5.74) is -0.589. The third-order valence-electron chi connectivity index (χ3n) is 5.14. The summed E-state index contributed by atoms with van der Waals surface area (Å²) in [6, 6.07) is -0.173. The van der Waals surface area contributed by atoms with Gasteiger partial charge in [-0.1, -0.05) is 0 Å². The van der Waals surface area contributed by atoms with Crippen molar-refractivity contribution in [2.24, 2.45) is 5.92 Å². The largest absolute Gasteiger partial charge is 0.381 e. The number of nitrogens with zero attached hydrogens (tertiary/aromatic N) is 3. The summed E-state index contributed by atoms with van der Waals surface area (Å²) < 4.78 is 5.41. The summed E-state index contributed by atoms with van der Waals surface area (Å²) in [7, 11) is 3.34. The van der Waals surface area contributed by atoms with Crippen molar-refractivity contribution in [3.8, 4) is 0 Å². The van der Waals surface area contributed by atoms with Crippen LogP contribution in [0.15, 0.2) is 0 Å². The summed E-state index contributed by atoms with van der Waals surface area (Å²) in [6.45, 7) is 4.56. The highest BCUT2D eigenvalue weighted by Gasteiger charge is 2.55. The van der Waals surface area contributed by atoms with Gasteiger partial charge in [-0.05, 0) is 25.2 Å². The molecule has 0 aliphatic carbocycles. The number of likely N-dealkylation sites (tertiary alicyclic amines) is 1. The van der Waals surface area contributed by atoms with Gasteiger partial charge in [0.2, 0.25) is 0 Å². The van der Waals surface area contributed by atoms with Gasteiger partial charge in [-0.25, -0.2) is 4.79 Å². The Morgan fingerprint density at radius 2 is 1.95 bits per heavy atom. The third-order valence-corrected chi connectivity index (χ3v) is 5.14. The maximum absolute atomic E-state index is 12.4. The van der Waals surface area contributed by atoms with Gasteiger partial charge in [0.15, 0.2) is 0 Å². The SMILES string of the molecule is CN1C(=O)N(C)C2(CCN(CC3CCOC3)CC2)C1=O. The molecule has 3 aliphatic heterocycles. The molecule has 3 aliphatic rings. The van der Waals surface area contributed by atoms with E-state index in [0.29, 0.717) is 5.92 Å². The number of rotatable bonds is 2. The lowest BCUT2D eigenvalue weighted by Crippen LogP contribution is -2.55. The molecule has 0 aromatic heterocycles. The van der Waals surface area contributed by atoms with Crippen molar-refractivity contribution in [3.05, 3.63) is 0 Å². The Morgan fingerprint density at radius 3 is 2.45 bits per heavy atom. The van der Waals surface area contributed by atoms with E-state index in [2.05, 4.69) is 4.90 Å². The first-order valence-electron chi connectivity index (χ1n) is 7.40. The second-order valence-corrected chi connectivity index (χ2v) is 6.27. The molecule has 0 bridgehead atoms. The highest BCUT2D eigenvalue weighted by Crippen LogP contribution is 2.35. The predicted molar refractivity (Wildman–Crippen MR) is 73.3 cm³/mol. The molecular formula is C14H23N3O3. The Balaban J connectivity index is 1.62. The van der Waals surface area contributed by atoms with E-state index in [-0.39, 0.29) is 11.9 Å². The first kappa shape index (κ1) is 13.8. The molecule has 1 unspecified atom stereocenters. The van der Waals surface area contributed by atoms with E-state index in [1.165, 1.54) is 4.90 Å². The van der Waals surface area contributed by atoms with E-state index in [9.17, 15) is 9.59 Å². The highest BCUT2D eigenvalue weighted by molar-refractivity contribution is 6.06. The quantitative estimate of drug-likeness (QED) is 0.687. The molecule has 0 radical (unpaired) electrons. The third kappa shape index (κ3) is 2.02. The standard InChI is InChI=1S/C14H23N3O3/c1-15-12(18)14(16(2)13(15)19)4-6-17(7-5-14)9-11-3-8-20-10-11/h11H,3-10H2,1-2H3. The van der Waals surface area contributed by atoms with Crippen molar-refractivity contribution in [1.82, 2.24) is 14.7 Å². The summed E-state index contributed by atoms with van der Waals surface area (Å²) in [4.78, 5) is 29.6. The van der Waals surface area contributed by atoms with Crippen LogP contribution < -0.4 is 0 Å². The number of urea groups is 1. The molecule has 3 rings (SSSR count). The highest BCUT2D eigenvalue weighted by atomic mass is 16.5. The number of ether oxygens (including phenoxy) is 1. The lowest BCUT2D eigenvalue weighted by atomic mass is 9.86. The van der Waals surface area contributed by atoms with E-state index in [0.717, 1.165) is 52.1 Å². The number of carbonyl (C=O) groups is 2. The number of amides is 3. The van der Waals surface area contributed by atoms with Crippen molar-refractivity contribution in [2.75, 3.05) is 46.9 Å². The maximum Gasteiger partial charge on any atom is 0.327 e. The van der Waals surface area contributed by atoms with Gasteiger partial charge in [0.05, 0.1) is 6.61 Å². The van der Waals surface area contributed by atoms with Crippen LogP contribution in [0.2, 0.25) is 0 Å². The van der Waals surface area contributed by atoms with Gasteiger partial charge in [-0.2, -0.15) is 0 Å². The maximum atomic E-state index is 12.4. The van der Waals surface area contributed by atoms with Gasteiger partial charge in [0.1, 0.15) is 5.54 Å². The first-order valence-corrected chi connectivity index (χ1v) is 7.40. The smallest absolute Gasteiger partial charge is 0.327 e. The molecule has 1 spiro atoms. The number of imide groups is 1. The zero-order valence-electron chi connectivity index (χ0n) is 12.3. The number of carbonyl (C=O) groups excluding carboxylic acids is 2. The molecule has 0 aromatic carbocycles. The minimum absolute atomic E-state index is 0.0335. The van der Waals surface area contributed by atoms with Crippen molar-refractivity contribution in [2.45, 2.75) is 24.8 Å². The molecule has 112 valence electrons. The molecule has 6 heteroatoms. The van der Waals surface area contributed by atoms with Crippen molar-refractivity contribution >= 4 is 11.9 Å². The van der Waals surface area contributed by atoms with Crippen LogP contribution in [-0.2, 0) is 9.53 Å². The molecule has 3 amide bonds. The van der Waals surface area contributed by atoms with Crippen LogP contribution in [0.5, 0.6) is 0 Å². The fourth-order valence-corrected chi connectivity index (χ4v) is 3.70. The number of hydrogen-bond donors (Lipinski definition) is 0.